The van der Waals surface area contributed by atoms with Crippen LogP contribution in [0.1, 0.15) is 0 Å². The summed E-state index contributed by atoms with van der Waals surface area (Å²) in [4.78, 5) is 4.50. The lowest BCUT2D eigenvalue weighted by Crippen LogP contribution is -1.93. The van der Waals surface area contributed by atoms with E-state index in [1.807, 2.05) is 18.2 Å². The van der Waals surface area contributed by atoms with Crippen molar-refractivity contribution in [1.29, 1.82) is 0 Å². The topological polar surface area (TPSA) is 33.1 Å². The Balaban J connectivity index is 2.40. The van der Waals surface area contributed by atoms with Crippen LogP contribution in [0.15, 0.2) is 42.6 Å². The highest BCUT2D eigenvalue weighted by atomic mass is 127. The van der Waals surface area contributed by atoms with Gasteiger partial charge in [-0.2, -0.15) is 0 Å². The van der Waals surface area contributed by atoms with Gasteiger partial charge in [-0.3, -0.25) is 4.98 Å². The molecule has 100 valence electrons. The summed E-state index contributed by atoms with van der Waals surface area (Å²) in [5, 5.41) is 11.3. The maximum absolute atomic E-state index is 10.2. The van der Waals surface area contributed by atoms with Gasteiger partial charge >= 0.3 is 0 Å². The zero-order valence-electron chi connectivity index (χ0n) is 10.1. The van der Waals surface area contributed by atoms with Gasteiger partial charge < -0.3 is 5.11 Å². The molecule has 0 aliphatic heterocycles. The van der Waals surface area contributed by atoms with Crippen molar-refractivity contribution in [2.45, 2.75) is 0 Å². The molecule has 0 saturated carbocycles. The summed E-state index contributed by atoms with van der Waals surface area (Å²) in [5.41, 5.74) is 3.07. The fourth-order valence-corrected chi connectivity index (χ4v) is 6.08. The molecule has 2 aromatic carbocycles. The van der Waals surface area contributed by atoms with Crippen molar-refractivity contribution in [2.75, 3.05) is 0 Å². The lowest BCUT2D eigenvalue weighted by Gasteiger charge is -2.13. The number of halogens is 3. The van der Waals surface area contributed by atoms with Gasteiger partial charge in [0.05, 0.1) is 12.7 Å². The number of rotatable bonds is 1. The molecule has 0 radical (unpaired) electrons. The number of aromatic nitrogens is 1. The summed E-state index contributed by atoms with van der Waals surface area (Å²) in [6.07, 6.45) is 1.80. The van der Waals surface area contributed by atoms with E-state index in [0.29, 0.717) is 5.75 Å². The Hall–Kier alpha value is -0.160. The number of phenolic OH excluding ortho intramolecular Hbond substituents is 1. The quantitative estimate of drug-likeness (QED) is 0.380. The second kappa shape index (κ2) is 5.91. The summed E-state index contributed by atoms with van der Waals surface area (Å²) in [6, 6.07) is 12.1. The Morgan fingerprint density at radius 3 is 2.50 bits per heavy atom. The van der Waals surface area contributed by atoms with Crippen molar-refractivity contribution in [1.82, 2.24) is 4.98 Å². The molecule has 0 amide bonds. The molecule has 1 N–H and O–H groups in total. The Bertz CT molecular complexity index is 812. The van der Waals surface area contributed by atoms with Crippen LogP contribution in [0.3, 0.4) is 0 Å². The summed E-state index contributed by atoms with van der Waals surface area (Å²) in [5.74, 6) is 0.342. The van der Waals surface area contributed by atoms with Gasteiger partial charge in [-0.25, -0.2) is 0 Å². The zero-order valence-corrected chi connectivity index (χ0v) is 16.5. The number of phenols is 1. The van der Waals surface area contributed by atoms with Crippen LogP contribution in [0.4, 0.5) is 0 Å². The molecule has 1 heterocycles. The lowest BCUT2D eigenvalue weighted by molar-refractivity contribution is 0.468. The average Bonchev–Trinajstić information content (AvgIpc) is 2.45. The molecule has 3 aromatic rings. The van der Waals surface area contributed by atoms with E-state index < -0.39 is 0 Å². The summed E-state index contributed by atoms with van der Waals surface area (Å²) in [7, 11) is 0. The smallest absolute Gasteiger partial charge is 0.142 e. The summed E-state index contributed by atoms with van der Waals surface area (Å²) >= 11 is 6.68. The van der Waals surface area contributed by atoms with Gasteiger partial charge in [0.15, 0.2) is 0 Å². The fraction of sp³-hybridized carbons (Fsp3) is 0. The second-order valence-electron chi connectivity index (χ2n) is 4.26. The average molecular weight is 599 g/mol. The predicted octanol–water partition coefficient (Wildman–Crippen LogP) is 5.42. The van der Waals surface area contributed by atoms with Crippen LogP contribution in [-0.2, 0) is 0 Å². The number of nitrogens with zero attached hydrogens (tertiary/aromatic N) is 1. The second-order valence-corrected chi connectivity index (χ2v) is 7.66. The van der Waals surface area contributed by atoms with E-state index in [4.69, 9.17) is 0 Å². The number of hydrogen-bond donors (Lipinski definition) is 1. The van der Waals surface area contributed by atoms with Crippen molar-refractivity contribution < 1.29 is 5.11 Å². The number of aromatic hydroxyl groups is 1. The summed E-state index contributed by atoms with van der Waals surface area (Å²) in [6.45, 7) is 0. The third-order valence-corrected chi connectivity index (χ3v) is 5.77. The van der Waals surface area contributed by atoms with Crippen molar-refractivity contribution in [3.05, 3.63) is 53.3 Å². The first-order chi connectivity index (χ1) is 9.59. The molecule has 1 aromatic heterocycles. The molecule has 0 atom stereocenters. The van der Waals surface area contributed by atoms with E-state index in [-0.39, 0.29) is 0 Å². The van der Waals surface area contributed by atoms with E-state index in [9.17, 15) is 5.11 Å². The normalized spacial score (nSPS) is 10.9. The Labute approximate surface area is 157 Å². The largest absolute Gasteiger partial charge is 0.506 e. The van der Waals surface area contributed by atoms with Crippen LogP contribution in [-0.4, -0.2) is 10.1 Å². The van der Waals surface area contributed by atoms with Crippen LogP contribution in [0.25, 0.3) is 22.0 Å². The lowest BCUT2D eigenvalue weighted by atomic mass is 10.0. The van der Waals surface area contributed by atoms with Crippen LogP contribution < -0.4 is 0 Å². The first-order valence-corrected chi connectivity index (χ1v) is 9.04. The molecule has 5 heteroatoms. The molecule has 0 bridgehead atoms. The molecule has 0 spiro atoms. The molecule has 0 saturated heterocycles. The molecule has 0 aliphatic rings. The van der Waals surface area contributed by atoms with Gasteiger partial charge in [0, 0.05) is 26.3 Å². The van der Waals surface area contributed by atoms with Crippen LogP contribution in [0, 0.1) is 10.7 Å². The maximum atomic E-state index is 10.2. The highest BCUT2D eigenvalue weighted by molar-refractivity contribution is 14.1. The van der Waals surface area contributed by atoms with Crippen molar-refractivity contribution in [3.63, 3.8) is 0 Å². The minimum absolute atomic E-state index is 0.342. The van der Waals surface area contributed by atoms with Gasteiger partial charge in [-0.15, -0.1) is 0 Å². The molecule has 0 unspecified atom stereocenters. The molecule has 0 aliphatic carbocycles. The van der Waals surface area contributed by atoms with Gasteiger partial charge in [-0.1, -0.05) is 24.3 Å². The highest BCUT2D eigenvalue weighted by Gasteiger charge is 2.17. The van der Waals surface area contributed by atoms with E-state index in [2.05, 4.69) is 91.0 Å². The molecule has 20 heavy (non-hydrogen) atoms. The van der Waals surface area contributed by atoms with Crippen molar-refractivity contribution in [3.8, 4) is 16.9 Å². The van der Waals surface area contributed by atoms with E-state index in [1.54, 1.807) is 6.20 Å². The fourth-order valence-electron chi connectivity index (χ4n) is 2.13. The third-order valence-electron chi connectivity index (χ3n) is 3.05. The molecule has 3 rings (SSSR count). The van der Waals surface area contributed by atoms with Crippen LogP contribution >= 0.6 is 67.8 Å². The van der Waals surface area contributed by atoms with Gasteiger partial charge in [0.25, 0.3) is 0 Å². The van der Waals surface area contributed by atoms with E-state index in [0.717, 1.165) is 32.7 Å². The SMILES string of the molecule is Oc1c(I)cc(I)c(-c2cccc3cccnc23)c1I. The summed E-state index contributed by atoms with van der Waals surface area (Å²) < 4.78 is 2.86. The molecular weight excluding hydrogens is 591 g/mol. The Kier molecular flexibility index (Phi) is 4.37. The number of pyridine rings is 1. The predicted molar refractivity (Wildman–Crippen MR) is 107 cm³/mol. The van der Waals surface area contributed by atoms with Crippen LogP contribution in [0.2, 0.25) is 0 Å². The van der Waals surface area contributed by atoms with E-state index in [1.165, 1.54) is 0 Å². The van der Waals surface area contributed by atoms with Gasteiger partial charge in [0.2, 0.25) is 0 Å². The molecule has 0 fully saturated rings. The minimum Gasteiger partial charge on any atom is -0.506 e. The maximum Gasteiger partial charge on any atom is 0.142 e. The Morgan fingerprint density at radius 2 is 1.70 bits per heavy atom. The number of benzene rings is 2. The standard InChI is InChI=1S/C15H8I3NO/c16-10-7-11(17)15(20)13(18)12(10)9-5-1-3-8-4-2-6-19-14(8)9/h1-7,20H. The van der Waals surface area contributed by atoms with Crippen LogP contribution in [0.5, 0.6) is 5.75 Å². The highest BCUT2D eigenvalue weighted by Crippen LogP contribution is 2.40. The first kappa shape index (κ1) is 14.8. The third kappa shape index (κ3) is 2.52. The Morgan fingerprint density at radius 1 is 0.950 bits per heavy atom. The number of fused-ring (bicyclic) bond motifs is 1. The van der Waals surface area contributed by atoms with E-state index >= 15 is 0 Å². The first-order valence-electron chi connectivity index (χ1n) is 5.80. The number of para-hydroxylation sites is 1. The van der Waals surface area contributed by atoms with Crippen molar-refractivity contribution >= 4 is 78.7 Å². The monoisotopic (exact) mass is 599 g/mol. The van der Waals surface area contributed by atoms with Gasteiger partial charge in [-0.05, 0) is 79.9 Å². The van der Waals surface area contributed by atoms with Gasteiger partial charge in [0.1, 0.15) is 5.75 Å². The minimum atomic E-state index is 0.342. The molecule has 2 nitrogen and oxygen atoms in total. The van der Waals surface area contributed by atoms with Crippen molar-refractivity contribution in [2.24, 2.45) is 0 Å². The zero-order chi connectivity index (χ0) is 14.3. The number of hydrogen-bond acceptors (Lipinski definition) is 2. The molecular formula is C15H8I3NO.